The Bertz CT molecular complexity index is 1140. The second-order valence-corrected chi connectivity index (χ2v) is 8.34. The minimum absolute atomic E-state index is 0.192. The summed E-state index contributed by atoms with van der Waals surface area (Å²) in [6.07, 6.45) is 1.44. The molecule has 6 heteroatoms. The first-order chi connectivity index (χ1) is 16.7. The van der Waals surface area contributed by atoms with E-state index < -0.39 is 29.5 Å². The lowest BCUT2D eigenvalue weighted by molar-refractivity contribution is -0.0790. The Labute approximate surface area is 202 Å². The summed E-state index contributed by atoms with van der Waals surface area (Å²) in [5.74, 6) is -2.10. The van der Waals surface area contributed by atoms with E-state index >= 15 is 0 Å². The zero-order chi connectivity index (χ0) is 25.4. The van der Waals surface area contributed by atoms with Crippen LogP contribution in [0.4, 0.5) is 22.0 Å². The smallest absolute Gasteiger partial charge is 0.388 e. The number of aliphatic hydroxyl groups excluding tert-OH is 1. The monoisotopic (exact) mass is 486 g/mol. The highest BCUT2D eigenvalue weighted by molar-refractivity contribution is 5.64. The molecule has 0 radical (unpaired) electrons. The van der Waals surface area contributed by atoms with Crippen molar-refractivity contribution in [1.82, 2.24) is 0 Å². The molecule has 1 N–H and O–H groups in total. The molecule has 0 fully saturated rings. The van der Waals surface area contributed by atoms with Crippen LogP contribution in [0.1, 0.15) is 54.5 Å². The average Bonchev–Trinajstić information content (AvgIpc) is 2.81. The van der Waals surface area contributed by atoms with Crippen molar-refractivity contribution in [3.05, 3.63) is 107 Å². The van der Waals surface area contributed by atoms with Gasteiger partial charge in [0.1, 0.15) is 11.6 Å². The molecule has 1 nitrogen and oxygen atoms in total. The van der Waals surface area contributed by atoms with E-state index in [2.05, 4.69) is 0 Å². The maximum absolute atomic E-state index is 14.0. The van der Waals surface area contributed by atoms with Crippen molar-refractivity contribution in [3.8, 4) is 11.1 Å². The van der Waals surface area contributed by atoms with Crippen LogP contribution in [0, 0.1) is 11.6 Å². The summed E-state index contributed by atoms with van der Waals surface area (Å²) in [4.78, 5) is 0. The van der Waals surface area contributed by atoms with Gasteiger partial charge in [-0.3, -0.25) is 0 Å². The molecule has 0 saturated carbocycles. The van der Waals surface area contributed by atoms with Crippen LogP contribution in [0.5, 0.6) is 0 Å². The fourth-order valence-electron chi connectivity index (χ4n) is 3.71. The molecule has 0 heterocycles. The largest absolute Gasteiger partial charge is 0.409 e. The van der Waals surface area contributed by atoms with Crippen LogP contribution < -0.4 is 0 Å². The highest BCUT2D eigenvalue weighted by Crippen LogP contribution is 2.25. The molecule has 0 saturated heterocycles. The summed E-state index contributed by atoms with van der Waals surface area (Å²) >= 11 is 0. The van der Waals surface area contributed by atoms with Gasteiger partial charge >= 0.3 is 6.18 Å². The Morgan fingerprint density at radius 2 is 1.43 bits per heavy atom. The number of aliphatic hydroxyl groups is 1. The zero-order valence-corrected chi connectivity index (χ0v) is 19.3. The molecule has 0 aliphatic rings. The molecule has 3 aromatic carbocycles. The van der Waals surface area contributed by atoms with E-state index in [0.717, 1.165) is 53.6 Å². The summed E-state index contributed by atoms with van der Waals surface area (Å²) in [6, 6.07) is 18.0. The first-order valence-corrected chi connectivity index (χ1v) is 11.4. The van der Waals surface area contributed by atoms with Gasteiger partial charge in [-0.15, -0.1) is 0 Å². The minimum Gasteiger partial charge on any atom is -0.388 e. The number of allylic oxidation sites excluding steroid dienone is 2. The van der Waals surface area contributed by atoms with Gasteiger partial charge in [0.25, 0.3) is 0 Å². The van der Waals surface area contributed by atoms with E-state index in [0.29, 0.717) is 12.5 Å². The van der Waals surface area contributed by atoms with Gasteiger partial charge in [0.15, 0.2) is 0 Å². The van der Waals surface area contributed by atoms with Gasteiger partial charge in [0, 0.05) is 11.6 Å². The average molecular weight is 487 g/mol. The molecule has 0 aromatic heterocycles. The molecular formula is C29H27F5O. The summed E-state index contributed by atoms with van der Waals surface area (Å²) in [5, 5.41) is 10.1. The van der Waals surface area contributed by atoms with Gasteiger partial charge < -0.3 is 5.11 Å². The van der Waals surface area contributed by atoms with E-state index in [4.69, 9.17) is 0 Å². The van der Waals surface area contributed by atoms with E-state index in [1.807, 2.05) is 55.5 Å². The number of alkyl halides is 3. The van der Waals surface area contributed by atoms with E-state index in [1.54, 1.807) is 12.2 Å². The Morgan fingerprint density at radius 3 is 1.97 bits per heavy atom. The first kappa shape index (κ1) is 26.4. The number of hydrogen-bond donors (Lipinski definition) is 1. The Morgan fingerprint density at radius 1 is 0.857 bits per heavy atom. The fraction of sp³-hybridized carbons (Fsp3) is 0.241. The molecule has 0 spiro atoms. The van der Waals surface area contributed by atoms with Crippen LogP contribution in [-0.4, -0.2) is 11.3 Å². The number of halogens is 5. The Kier molecular flexibility index (Phi) is 8.99. The van der Waals surface area contributed by atoms with Crippen LogP contribution in [0.15, 0.2) is 72.8 Å². The lowest BCUT2D eigenvalue weighted by Crippen LogP contribution is -2.01. The lowest BCUT2D eigenvalue weighted by Gasteiger charge is -2.10. The Balaban J connectivity index is 1.57. The van der Waals surface area contributed by atoms with Crippen LogP contribution in [0.2, 0.25) is 0 Å². The fourth-order valence-corrected chi connectivity index (χ4v) is 3.71. The molecular weight excluding hydrogens is 459 g/mol. The van der Waals surface area contributed by atoms with E-state index in [-0.39, 0.29) is 11.6 Å². The van der Waals surface area contributed by atoms with Crippen molar-refractivity contribution in [2.45, 2.75) is 44.9 Å². The van der Waals surface area contributed by atoms with Crippen molar-refractivity contribution >= 4 is 12.2 Å². The van der Waals surface area contributed by atoms with Crippen molar-refractivity contribution in [1.29, 1.82) is 0 Å². The first-order valence-electron chi connectivity index (χ1n) is 11.4. The molecule has 0 bridgehead atoms. The summed E-state index contributed by atoms with van der Waals surface area (Å²) < 4.78 is 64.8. The SMILES string of the molecule is CCCC(O)c1ccc(-c2ccc(CC/C=C/c3cc(F)c(/C=C/C(F)(F)F)c(F)c3)cc2)cc1. The molecule has 0 aliphatic carbocycles. The standard InChI is InChI=1S/C29H27F5O/c1-2-5-28(35)24-14-12-23(13-15-24)22-10-8-20(9-11-22)6-3-4-7-21-18-26(30)25(27(31)19-21)16-17-29(32,33)34/h4,7-19,28,35H,2-3,5-6H2,1H3/b7-4+,17-16+. The maximum atomic E-state index is 14.0. The number of hydrogen-bond acceptors (Lipinski definition) is 1. The van der Waals surface area contributed by atoms with Crippen LogP contribution in [0.3, 0.4) is 0 Å². The van der Waals surface area contributed by atoms with E-state index in [1.165, 1.54) is 0 Å². The third kappa shape index (κ3) is 7.89. The third-order valence-corrected chi connectivity index (χ3v) is 5.60. The van der Waals surface area contributed by atoms with Crippen molar-refractivity contribution in [2.75, 3.05) is 0 Å². The van der Waals surface area contributed by atoms with Crippen molar-refractivity contribution < 1.29 is 27.1 Å². The topological polar surface area (TPSA) is 20.2 Å². The quantitative estimate of drug-likeness (QED) is 0.300. The molecule has 184 valence electrons. The summed E-state index contributed by atoms with van der Waals surface area (Å²) in [6.45, 7) is 2.04. The summed E-state index contributed by atoms with van der Waals surface area (Å²) in [7, 11) is 0. The molecule has 3 rings (SSSR count). The molecule has 1 unspecified atom stereocenters. The molecule has 0 aliphatic heterocycles. The summed E-state index contributed by atoms with van der Waals surface area (Å²) in [5.41, 5.74) is 3.65. The van der Waals surface area contributed by atoms with Gasteiger partial charge in [-0.25, -0.2) is 8.78 Å². The third-order valence-electron chi connectivity index (χ3n) is 5.60. The predicted octanol–water partition coefficient (Wildman–Crippen LogP) is 8.69. The normalized spacial score (nSPS) is 13.1. The highest BCUT2D eigenvalue weighted by atomic mass is 19.4. The molecule has 35 heavy (non-hydrogen) atoms. The number of rotatable bonds is 9. The predicted molar refractivity (Wildman–Crippen MR) is 131 cm³/mol. The van der Waals surface area contributed by atoms with Gasteiger partial charge in [-0.2, -0.15) is 13.2 Å². The molecule has 3 aromatic rings. The minimum atomic E-state index is -4.64. The van der Waals surface area contributed by atoms with Crippen molar-refractivity contribution in [3.63, 3.8) is 0 Å². The van der Waals surface area contributed by atoms with Gasteiger partial charge in [0.05, 0.1) is 6.10 Å². The highest BCUT2D eigenvalue weighted by Gasteiger charge is 2.22. The molecule has 0 amide bonds. The van der Waals surface area contributed by atoms with Crippen LogP contribution >= 0.6 is 0 Å². The second kappa shape index (κ2) is 11.9. The number of aryl methyl sites for hydroxylation is 1. The van der Waals surface area contributed by atoms with Crippen molar-refractivity contribution in [2.24, 2.45) is 0 Å². The Hall–Kier alpha value is -3.25. The lowest BCUT2D eigenvalue weighted by atomic mass is 9.98. The van der Waals surface area contributed by atoms with Gasteiger partial charge in [-0.05, 0) is 65.3 Å². The van der Waals surface area contributed by atoms with Gasteiger partial charge in [-0.1, -0.05) is 74.0 Å². The molecule has 1 atom stereocenters. The second-order valence-electron chi connectivity index (χ2n) is 8.34. The number of benzene rings is 3. The van der Waals surface area contributed by atoms with Crippen LogP contribution in [0.25, 0.3) is 23.3 Å². The van der Waals surface area contributed by atoms with E-state index in [9.17, 15) is 27.1 Å². The van der Waals surface area contributed by atoms with Crippen LogP contribution in [-0.2, 0) is 6.42 Å². The van der Waals surface area contributed by atoms with Gasteiger partial charge in [0.2, 0.25) is 0 Å². The maximum Gasteiger partial charge on any atom is 0.409 e. The zero-order valence-electron chi connectivity index (χ0n) is 19.3.